The second-order valence-electron chi connectivity index (χ2n) is 4.69. The van der Waals surface area contributed by atoms with Gasteiger partial charge in [0, 0.05) is 24.0 Å². The van der Waals surface area contributed by atoms with Crippen molar-refractivity contribution in [2.75, 3.05) is 25.9 Å². The van der Waals surface area contributed by atoms with Crippen molar-refractivity contribution >= 4 is 11.8 Å². The first-order chi connectivity index (χ1) is 8.28. The quantitative estimate of drug-likeness (QED) is 0.885. The highest BCUT2D eigenvalue weighted by Crippen LogP contribution is 2.33. The van der Waals surface area contributed by atoms with E-state index < -0.39 is 0 Å². The summed E-state index contributed by atoms with van der Waals surface area (Å²) in [5.41, 5.74) is 7.06. The highest BCUT2D eigenvalue weighted by Gasteiger charge is 2.32. The first-order valence-corrected chi connectivity index (χ1v) is 7.38. The number of hydrogen-bond acceptors (Lipinski definition) is 4. The molecule has 0 aromatic carbocycles. The molecule has 0 spiro atoms. The minimum atomic E-state index is 0.320. The molecule has 94 valence electrons. The van der Waals surface area contributed by atoms with Crippen LogP contribution in [0.15, 0.2) is 24.4 Å². The molecule has 1 aromatic rings. The van der Waals surface area contributed by atoms with Crippen LogP contribution in [0.3, 0.4) is 0 Å². The molecule has 1 fully saturated rings. The summed E-state index contributed by atoms with van der Waals surface area (Å²) in [5, 5.41) is 0. The molecule has 1 aliphatic rings. The lowest BCUT2D eigenvalue weighted by Gasteiger charge is -2.39. The first kappa shape index (κ1) is 12.9. The molecular formula is C13H21N3S. The normalized spacial score (nSPS) is 20.4. The standard InChI is InChI=1S/C13H21N3S/c1-17-13(11-14)5-8-16(9-6-13)10-12-4-2-3-7-15-12/h2-4,7H,5-6,8-11,14H2,1H3. The SMILES string of the molecule is CSC1(CN)CCN(Cc2ccccn2)CC1. The third-order valence-electron chi connectivity index (χ3n) is 3.68. The molecule has 3 nitrogen and oxygen atoms in total. The summed E-state index contributed by atoms with van der Waals surface area (Å²) in [4.78, 5) is 6.86. The van der Waals surface area contributed by atoms with Crippen molar-refractivity contribution < 1.29 is 0 Å². The molecule has 17 heavy (non-hydrogen) atoms. The van der Waals surface area contributed by atoms with Crippen LogP contribution in [0.2, 0.25) is 0 Å². The van der Waals surface area contributed by atoms with Gasteiger partial charge in [0.15, 0.2) is 0 Å². The average Bonchev–Trinajstić information content (AvgIpc) is 2.41. The van der Waals surface area contributed by atoms with E-state index in [2.05, 4.69) is 28.3 Å². The molecule has 1 aromatic heterocycles. The molecule has 2 rings (SSSR count). The van der Waals surface area contributed by atoms with Crippen LogP contribution in [-0.4, -0.2) is 40.5 Å². The summed E-state index contributed by atoms with van der Waals surface area (Å²) in [5.74, 6) is 0. The van der Waals surface area contributed by atoms with Gasteiger partial charge >= 0.3 is 0 Å². The van der Waals surface area contributed by atoms with Crippen LogP contribution in [0.25, 0.3) is 0 Å². The number of aromatic nitrogens is 1. The topological polar surface area (TPSA) is 42.1 Å². The number of pyridine rings is 1. The van der Waals surface area contributed by atoms with Gasteiger partial charge in [-0.05, 0) is 44.3 Å². The Hall–Kier alpha value is -0.580. The number of hydrogen-bond donors (Lipinski definition) is 1. The predicted octanol–water partition coefficient (Wildman–Crippen LogP) is 1.74. The Labute approximate surface area is 108 Å². The van der Waals surface area contributed by atoms with E-state index in [4.69, 9.17) is 5.73 Å². The summed E-state index contributed by atoms with van der Waals surface area (Å²) in [6.45, 7) is 4.03. The fraction of sp³-hybridized carbons (Fsp3) is 0.615. The second kappa shape index (κ2) is 5.85. The van der Waals surface area contributed by atoms with E-state index in [0.717, 1.165) is 31.9 Å². The Kier molecular flexibility index (Phi) is 4.42. The van der Waals surface area contributed by atoms with E-state index in [1.165, 1.54) is 12.8 Å². The molecule has 0 saturated carbocycles. The molecule has 0 unspecified atom stereocenters. The van der Waals surface area contributed by atoms with Gasteiger partial charge in [-0.1, -0.05) is 6.07 Å². The van der Waals surface area contributed by atoms with E-state index in [1.54, 1.807) is 0 Å². The van der Waals surface area contributed by atoms with Crippen molar-refractivity contribution in [2.24, 2.45) is 5.73 Å². The van der Waals surface area contributed by atoms with Crippen LogP contribution >= 0.6 is 11.8 Å². The smallest absolute Gasteiger partial charge is 0.0543 e. The Balaban J connectivity index is 1.87. The predicted molar refractivity (Wildman–Crippen MR) is 74.0 cm³/mol. The Morgan fingerprint density at radius 3 is 2.71 bits per heavy atom. The molecule has 0 amide bonds. The third-order valence-corrected chi connectivity index (χ3v) is 5.13. The highest BCUT2D eigenvalue weighted by molar-refractivity contribution is 8.00. The molecule has 0 radical (unpaired) electrons. The fourth-order valence-electron chi connectivity index (χ4n) is 2.33. The number of nitrogens with zero attached hydrogens (tertiary/aromatic N) is 2. The van der Waals surface area contributed by atoms with Gasteiger partial charge < -0.3 is 5.73 Å². The molecule has 1 saturated heterocycles. The van der Waals surface area contributed by atoms with Crippen molar-refractivity contribution in [3.05, 3.63) is 30.1 Å². The maximum Gasteiger partial charge on any atom is 0.0543 e. The Morgan fingerprint density at radius 2 is 2.18 bits per heavy atom. The van der Waals surface area contributed by atoms with Gasteiger partial charge in [0.1, 0.15) is 0 Å². The van der Waals surface area contributed by atoms with Crippen LogP contribution in [0, 0.1) is 0 Å². The van der Waals surface area contributed by atoms with Gasteiger partial charge in [-0.25, -0.2) is 0 Å². The molecular weight excluding hydrogens is 230 g/mol. The fourth-order valence-corrected chi connectivity index (χ4v) is 3.09. The lowest BCUT2D eigenvalue weighted by molar-refractivity contribution is 0.193. The van der Waals surface area contributed by atoms with Gasteiger partial charge in [0.2, 0.25) is 0 Å². The number of piperidine rings is 1. The van der Waals surface area contributed by atoms with Gasteiger partial charge in [-0.15, -0.1) is 0 Å². The highest BCUT2D eigenvalue weighted by atomic mass is 32.2. The number of likely N-dealkylation sites (tertiary alicyclic amines) is 1. The maximum atomic E-state index is 5.90. The third kappa shape index (κ3) is 3.21. The van der Waals surface area contributed by atoms with E-state index >= 15 is 0 Å². The Bertz CT molecular complexity index is 328. The zero-order chi connectivity index (χ0) is 12.1. The monoisotopic (exact) mass is 251 g/mol. The molecule has 0 bridgehead atoms. The molecule has 4 heteroatoms. The van der Waals surface area contributed by atoms with E-state index in [1.807, 2.05) is 24.0 Å². The molecule has 0 aliphatic carbocycles. The minimum Gasteiger partial charge on any atom is -0.329 e. The molecule has 1 aliphatic heterocycles. The zero-order valence-electron chi connectivity index (χ0n) is 10.4. The van der Waals surface area contributed by atoms with Crippen molar-refractivity contribution in [1.29, 1.82) is 0 Å². The van der Waals surface area contributed by atoms with E-state index in [9.17, 15) is 0 Å². The lowest BCUT2D eigenvalue weighted by Crippen LogP contribution is -2.46. The summed E-state index contributed by atoms with van der Waals surface area (Å²) < 4.78 is 0.320. The van der Waals surface area contributed by atoms with Gasteiger partial charge in [0.05, 0.1) is 5.69 Å². The Morgan fingerprint density at radius 1 is 1.41 bits per heavy atom. The van der Waals surface area contributed by atoms with Crippen molar-refractivity contribution in [1.82, 2.24) is 9.88 Å². The summed E-state index contributed by atoms with van der Waals surface area (Å²) in [6.07, 6.45) is 6.43. The van der Waals surface area contributed by atoms with Crippen molar-refractivity contribution in [3.8, 4) is 0 Å². The number of rotatable bonds is 4. The van der Waals surface area contributed by atoms with Crippen LogP contribution in [0.1, 0.15) is 18.5 Å². The number of thioether (sulfide) groups is 1. The molecule has 2 heterocycles. The van der Waals surface area contributed by atoms with Crippen LogP contribution in [0.4, 0.5) is 0 Å². The summed E-state index contributed by atoms with van der Waals surface area (Å²) in [6, 6.07) is 6.12. The molecule has 0 atom stereocenters. The van der Waals surface area contributed by atoms with Crippen LogP contribution in [0.5, 0.6) is 0 Å². The summed E-state index contributed by atoms with van der Waals surface area (Å²) in [7, 11) is 0. The van der Waals surface area contributed by atoms with Crippen LogP contribution in [-0.2, 0) is 6.54 Å². The maximum absolute atomic E-state index is 5.90. The van der Waals surface area contributed by atoms with Gasteiger partial charge in [-0.3, -0.25) is 9.88 Å². The largest absolute Gasteiger partial charge is 0.329 e. The van der Waals surface area contributed by atoms with Crippen molar-refractivity contribution in [2.45, 2.75) is 24.1 Å². The minimum absolute atomic E-state index is 0.320. The van der Waals surface area contributed by atoms with E-state index in [-0.39, 0.29) is 0 Å². The van der Waals surface area contributed by atoms with Crippen molar-refractivity contribution in [3.63, 3.8) is 0 Å². The van der Waals surface area contributed by atoms with Crippen LogP contribution < -0.4 is 5.73 Å². The second-order valence-corrected chi connectivity index (χ2v) is 5.96. The first-order valence-electron chi connectivity index (χ1n) is 6.15. The lowest BCUT2D eigenvalue weighted by atomic mass is 9.95. The van der Waals surface area contributed by atoms with Gasteiger partial charge in [-0.2, -0.15) is 11.8 Å². The number of nitrogens with two attached hydrogens (primary N) is 1. The average molecular weight is 251 g/mol. The van der Waals surface area contributed by atoms with E-state index in [0.29, 0.717) is 4.75 Å². The van der Waals surface area contributed by atoms with Gasteiger partial charge in [0.25, 0.3) is 0 Å². The summed E-state index contributed by atoms with van der Waals surface area (Å²) >= 11 is 1.93. The molecule has 2 N–H and O–H groups in total. The zero-order valence-corrected chi connectivity index (χ0v) is 11.2.